The Labute approximate surface area is 142 Å². The van der Waals surface area contributed by atoms with Crippen LogP contribution in [0.4, 0.5) is 5.95 Å². The first-order valence-electron chi connectivity index (χ1n) is 6.78. The molecule has 2 rings (SSSR count). The van der Waals surface area contributed by atoms with Gasteiger partial charge in [0.1, 0.15) is 6.20 Å². The number of H-pyrrole nitrogens is 1. The van der Waals surface area contributed by atoms with Crippen LogP contribution in [0.3, 0.4) is 0 Å². The van der Waals surface area contributed by atoms with Gasteiger partial charge in [-0.25, -0.2) is 5.43 Å². The lowest BCUT2D eigenvalue weighted by Gasteiger charge is -2.12. The van der Waals surface area contributed by atoms with E-state index < -0.39 is 0 Å². The highest BCUT2D eigenvalue weighted by molar-refractivity contribution is 6.37. The molecule has 0 fully saturated rings. The van der Waals surface area contributed by atoms with Gasteiger partial charge in [0, 0.05) is 0 Å². The van der Waals surface area contributed by atoms with E-state index in [0.29, 0.717) is 33.9 Å². The van der Waals surface area contributed by atoms with E-state index >= 15 is 0 Å². The number of nitrogens with zero attached hydrogens (tertiary/aromatic N) is 3. The average molecular weight is 356 g/mol. The van der Waals surface area contributed by atoms with E-state index in [2.05, 4.69) is 25.7 Å². The molecule has 1 aromatic heterocycles. The fourth-order valence-electron chi connectivity index (χ4n) is 1.57. The van der Waals surface area contributed by atoms with Crippen molar-refractivity contribution in [1.29, 1.82) is 0 Å². The first-order valence-corrected chi connectivity index (χ1v) is 7.54. The van der Waals surface area contributed by atoms with E-state index in [9.17, 15) is 4.79 Å². The third-order valence-electron chi connectivity index (χ3n) is 2.54. The molecule has 9 heteroatoms. The van der Waals surface area contributed by atoms with Gasteiger partial charge in [-0.2, -0.15) is 5.10 Å². The lowest BCUT2D eigenvalue weighted by atomic mass is 10.2. The minimum atomic E-state index is -0.379. The van der Waals surface area contributed by atoms with Crippen molar-refractivity contribution in [3.63, 3.8) is 0 Å². The summed E-state index contributed by atoms with van der Waals surface area (Å²) in [4.78, 5) is 13.5. The molecule has 0 aliphatic carbocycles. The molecular formula is C14H15Cl2N5O2. The maximum absolute atomic E-state index is 11.1. The quantitative estimate of drug-likeness (QED) is 0.613. The summed E-state index contributed by atoms with van der Waals surface area (Å²) in [7, 11) is 0. The number of ether oxygens (including phenoxy) is 1. The van der Waals surface area contributed by atoms with Gasteiger partial charge in [-0.15, -0.1) is 10.2 Å². The number of nitrogens with one attached hydrogen (secondary N) is 2. The summed E-state index contributed by atoms with van der Waals surface area (Å²) < 4.78 is 5.59. The molecule has 0 aliphatic heterocycles. The first-order chi connectivity index (χ1) is 11.0. The minimum Gasteiger partial charge on any atom is -0.490 e. The number of rotatable bonds is 6. The number of anilines is 1. The molecule has 0 unspecified atom stereocenters. The number of hydrogen-bond donors (Lipinski definition) is 2. The number of hydrogen-bond acceptors (Lipinski definition) is 6. The Bertz CT molecular complexity index is 738. The normalized spacial score (nSPS) is 11.2. The summed E-state index contributed by atoms with van der Waals surface area (Å²) >= 11 is 12.3. The Hall–Kier alpha value is -2.12. The van der Waals surface area contributed by atoms with Gasteiger partial charge in [-0.3, -0.25) is 9.78 Å². The second-order valence-corrected chi connectivity index (χ2v) is 5.89. The number of hydrazone groups is 1. The van der Waals surface area contributed by atoms with Gasteiger partial charge in [0.15, 0.2) is 5.75 Å². The molecular weight excluding hydrogens is 341 g/mol. The Morgan fingerprint density at radius 1 is 1.39 bits per heavy atom. The zero-order chi connectivity index (χ0) is 16.8. The van der Waals surface area contributed by atoms with Gasteiger partial charge in [0.25, 0.3) is 5.56 Å². The van der Waals surface area contributed by atoms with Crippen LogP contribution in [-0.2, 0) is 0 Å². The maximum atomic E-state index is 11.1. The monoisotopic (exact) mass is 355 g/mol. The predicted molar refractivity (Wildman–Crippen MR) is 90.7 cm³/mol. The summed E-state index contributed by atoms with van der Waals surface area (Å²) in [5.41, 5.74) is 2.83. The fraction of sp³-hybridized carbons (Fsp3) is 0.286. The Balaban J connectivity index is 2.08. The van der Waals surface area contributed by atoms with E-state index in [1.54, 1.807) is 12.1 Å². The van der Waals surface area contributed by atoms with Crippen molar-refractivity contribution in [1.82, 2.24) is 15.2 Å². The molecule has 0 radical (unpaired) electrons. The average Bonchev–Trinajstić information content (AvgIpc) is 2.46. The highest BCUT2D eigenvalue weighted by Crippen LogP contribution is 2.34. The molecule has 0 saturated heterocycles. The summed E-state index contributed by atoms with van der Waals surface area (Å²) in [5, 5.41) is 11.9. The third-order valence-corrected chi connectivity index (χ3v) is 3.10. The van der Waals surface area contributed by atoms with Crippen molar-refractivity contribution in [2.45, 2.75) is 13.8 Å². The lowest BCUT2D eigenvalue weighted by Crippen LogP contribution is -2.10. The molecule has 0 aliphatic rings. The van der Waals surface area contributed by atoms with Crippen molar-refractivity contribution < 1.29 is 4.74 Å². The molecule has 0 atom stereocenters. The van der Waals surface area contributed by atoms with Gasteiger partial charge in [-0.1, -0.05) is 37.0 Å². The van der Waals surface area contributed by atoms with Crippen LogP contribution in [0.2, 0.25) is 10.0 Å². The molecule has 1 heterocycles. The van der Waals surface area contributed by atoms with Crippen molar-refractivity contribution in [2.75, 3.05) is 12.0 Å². The highest BCUT2D eigenvalue weighted by atomic mass is 35.5. The van der Waals surface area contributed by atoms with Gasteiger partial charge in [0.2, 0.25) is 5.95 Å². The van der Waals surface area contributed by atoms with Gasteiger partial charge in [-0.05, 0) is 23.6 Å². The Morgan fingerprint density at radius 3 is 2.70 bits per heavy atom. The van der Waals surface area contributed by atoms with E-state index in [1.807, 2.05) is 13.8 Å². The predicted octanol–water partition coefficient (Wildman–Crippen LogP) is 2.95. The largest absolute Gasteiger partial charge is 0.490 e. The number of aromatic nitrogens is 3. The molecule has 2 aromatic rings. The summed E-state index contributed by atoms with van der Waals surface area (Å²) in [6, 6.07) is 3.35. The van der Waals surface area contributed by atoms with Crippen molar-refractivity contribution in [3.8, 4) is 5.75 Å². The maximum Gasteiger partial charge on any atom is 0.271 e. The molecule has 23 heavy (non-hydrogen) atoms. The van der Waals surface area contributed by atoms with Gasteiger partial charge in [0.05, 0.1) is 22.9 Å². The highest BCUT2D eigenvalue weighted by Gasteiger charge is 2.10. The van der Waals surface area contributed by atoms with E-state index in [1.165, 1.54) is 6.21 Å². The van der Waals surface area contributed by atoms with Crippen LogP contribution >= 0.6 is 23.2 Å². The number of aromatic amines is 1. The van der Waals surface area contributed by atoms with E-state index in [0.717, 1.165) is 6.20 Å². The summed E-state index contributed by atoms with van der Waals surface area (Å²) in [6.07, 6.45) is 2.54. The van der Waals surface area contributed by atoms with Crippen LogP contribution in [0.1, 0.15) is 19.4 Å². The molecule has 122 valence electrons. The summed E-state index contributed by atoms with van der Waals surface area (Å²) in [6.45, 7) is 4.59. The molecule has 0 bridgehead atoms. The molecule has 1 aromatic carbocycles. The van der Waals surface area contributed by atoms with Crippen LogP contribution < -0.4 is 15.7 Å². The molecule has 7 nitrogen and oxygen atoms in total. The molecule has 0 saturated carbocycles. The SMILES string of the molecule is CC(C)COc1c(Cl)cc(/C=N/Nc2nncc(=O)[nH]2)cc1Cl. The van der Waals surface area contributed by atoms with Crippen LogP contribution in [0.15, 0.2) is 28.2 Å². The van der Waals surface area contributed by atoms with Gasteiger partial charge < -0.3 is 4.74 Å². The van der Waals surface area contributed by atoms with E-state index in [4.69, 9.17) is 27.9 Å². The Morgan fingerprint density at radius 2 is 2.09 bits per heavy atom. The van der Waals surface area contributed by atoms with Crippen LogP contribution in [0, 0.1) is 5.92 Å². The number of benzene rings is 1. The molecule has 2 N–H and O–H groups in total. The van der Waals surface area contributed by atoms with Crippen LogP contribution in [0.5, 0.6) is 5.75 Å². The standard InChI is InChI=1S/C14H15Cl2N5O2/c1-8(2)7-23-13-10(15)3-9(4-11(13)16)5-17-20-14-19-12(22)6-18-21-14/h3-6,8H,7H2,1-2H3,(H2,19,20,21,22)/b17-5+. The second-order valence-electron chi connectivity index (χ2n) is 5.07. The molecule has 0 spiro atoms. The topological polar surface area (TPSA) is 92.3 Å². The summed E-state index contributed by atoms with van der Waals surface area (Å²) in [5.74, 6) is 0.940. The lowest BCUT2D eigenvalue weighted by molar-refractivity contribution is 0.271. The first kappa shape index (κ1) is 17.2. The molecule has 0 amide bonds. The zero-order valence-corrected chi connectivity index (χ0v) is 14.0. The van der Waals surface area contributed by atoms with Crippen molar-refractivity contribution in [2.24, 2.45) is 11.0 Å². The van der Waals surface area contributed by atoms with Crippen LogP contribution in [0.25, 0.3) is 0 Å². The van der Waals surface area contributed by atoms with E-state index in [-0.39, 0.29) is 11.5 Å². The fourth-order valence-corrected chi connectivity index (χ4v) is 2.19. The number of halogens is 2. The van der Waals surface area contributed by atoms with Crippen molar-refractivity contribution in [3.05, 3.63) is 44.3 Å². The second kappa shape index (κ2) is 7.94. The minimum absolute atomic E-state index is 0.128. The van der Waals surface area contributed by atoms with Gasteiger partial charge >= 0.3 is 0 Å². The van der Waals surface area contributed by atoms with Crippen LogP contribution in [-0.4, -0.2) is 28.0 Å². The Kier molecular flexibility index (Phi) is 5.95. The smallest absolute Gasteiger partial charge is 0.271 e. The third kappa shape index (κ3) is 5.22. The van der Waals surface area contributed by atoms with Crippen molar-refractivity contribution >= 4 is 35.4 Å². The zero-order valence-electron chi connectivity index (χ0n) is 12.5.